The predicted molar refractivity (Wildman–Crippen MR) is 182 cm³/mol. The maximum absolute atomic E-state index is 6.30. The highest BCUT2D eigenvalue weighted by Crippen LogP contribution is 2.40. The van der Waals surface area contributed by atoms with E-state index in [1.165, 1.54) is 10.8 Å². The van der Waals surface area contributed by atoms with Gasteiger partial charge in [0.05, 0.1) is 22.1 Å². The largest absolute Gasteiger partial charge is 0.456 e. The first kappa shape index (κ1) is 24.3. The highest BCUT2D eigenvalue weighted by atomic mass is 16.3. The summed E-state index contributed by atoms with van der Waals surface area (Å²) in [5.74, 6) is 0.637. The third-order valence-electron chi connectivity index (χ3n) is 8.84. The molecule has 45 heavy (non-hydrogen) atoms. The Morgan fingerprint density at radius 1 is 0.444 bits per heavy atom. The third-order valence-corrected chi connectivity index (χ3v) is 8.84. The Balaban J connectivity index is 1.19. The number of hydrogen-bond donors (Lipinski definition) is 0. The lowest BCUT2D eigenvalue weighted by Gasteiger charge is -2.10. The van der Waals surface area contributed by atoms with E-state index in [9.17, 15) is 0 Å². The van der Waals surface area contributed by atoms with E-state index in [0.717, 1.165) is 71.8 Å². The number of aromatic nitrogens is 3. The van der Waals surface area contributed by atoms with Crippen molar-refractivity contribution in [1.82, 2.24) is 14.5 Å². The number of rotatable bonds is 3. The van der Waals surface area contributed by atoms with Crippen LogP contribution in [0.3, 0.4) is 0 Å². The zero-order valence-electron chi connectivity index (χ0n) is 23.9. The minimum absolute atomic E-state index is 0.585. The summed E-state index contributed by atoms with van der Waals surface area (Å²) in [6, 6.07) is 48.0. The quantitative estimate of drug-likeness (QED) is 0.210. The molecular formula is C40H23N3O2. The number of benzene rings is 6. The Bertz CT molecular complexity index is 2750. The molecule has 4 heterocycles. The summed E-state index contributed by atoms with van der Waals surface area (Å²) in [6.45, 7) is 0. The van der Waals surface area contributed by atoms with E-state index in [-0.39, 0.29) is 0 Å². The van der Waals surface area contributed by atoms with Gasteiger partial charge < -0.3 is 13.4 Å². The number of fused-ring (bicyclic) bond motifs is 9. The molecule has 5 heteroatoms. The molecule has 0 aliphatic heterocycles. The number of hydrogen-bond acceptors (Lipinski definition) is 4. The molecule has 0 saturated carbocycles. The molecule has 0 amide bonds. The molecule has 0 bridgehead atoms. The second-order valence-electron chi connectivity index (χ2n) is 11.4. The molecule has 0 atom stereocenters. The van der Waals surface area contributed by atoms with Gasteiger partial charge in [0, 0.05) is 49.8 Å². The number of para-hydroxylation sites is 3. The average Bonchev–Trinajstić information content (AvgIpc) is 3.76. The lowest BCUT2D eigenvalue weighted by Crippen LogP contribution is -1.96. The van der Waals surface area contributed by atoms with Gasteiger partial charge in [-0.2, -0.15) is 4.98 Å². The van der Waals surface area contributed by atoms with Crippen LogP contribution in [-0.4, -0.2) is 14.5 Å². The summed E-state index contributed by atoms with van der Waals surface area (Å²) < 4.78 is 14.9. The fourth-order valence-corrected chi connectivity index (χ4v) is 6.78. The Morgan fingerprint density at radius 2 is 1.13 bits per heavy atom. The summed E-state index contributed by atoms with van der Waals surface area (Å²) in [5.41, 5.74) is 9.27. The summed E-state index contributed by atoms with van der Waals surface area (Å²) in [4.78, 5) is 9.97. The van der Waals surface area contributed by atoms with E-state index >= 15 is 0 Å². The smallest absolute Gasteiger partial charge is 0.231 e. The summed E-state index contributed by atoms with van der Waals surface area (Å²) in [5, 5.41) is 6.59. The average molecular weight is 578 g/mol. The standard InChI is InChI=1S/C40H23N3O2/c1-2-10-25(11-3-1)39-41-38(37-29-14-6-9-17-35(29)45-40(37)42-39)24-18-20-26(21-19-24)43-32-15-7-4-12-27(32)30-22-31-28-13-5-8-16-34(28)44-36(31)23-33(30)43/h1-23H. The van der Waals surface area contributed by atoms with Gasteiger partial charge in [-0.3, -0.25) is 0 Å². The van der Waals surface area contributed by atoms with Gasteiger partial charge in [-0.25, -0.2) is 4.98 Å². The van der Waals surface area contributed by atoms with Crippen molar-refractivity contribution in [2.24, 2.45) is 0 Å². The molecule has 0 N–H and O–H groups in total. The third kappa shape index (κ3) is 3.55. The summed E-state index contributed by atoms with van der Waals surface area (Å²) in [6.07, 6.45) is 0. The van der Waals surface area contributed by atoms with Crippen LogP contribution < -0.4 is 0 Å². The van der Waals surface area contributed by atoms with Crippen molar-refractivity contribution in [1.29, 1.82) is 0 Å². The second kappa shape index (κ2) is 9.15. The molecule has 10 aromatic rings. The molecule has 0 aliphatic carbocycles. The molecule has 0 unspecified atom stereocenters. The maximum atomic E-state index is 6.30. The van der Waals surface area contributed by atoms with E-state index < -0.39 is 0 Å². The molecular weight excluding hydrogens is 554 g/mol. The van der Waals surface area contributed by atoms with E-state index in [2.05, 4.69) is 83.4 Å². The molecule has 0 fully saturated rings. The van der Waals surface area contributed by atoms with Crippen molar-refractivity contribution in [3.63, 3.8) is 0 Å². The first-order chi connectivity index (χ1) is 22.3. The highest BCUT2D eigenvalue weighted by Gasteiger charge is 2.19. The van der Waals surface area contributed by atoms with Gasteiger partial charge in [0.1, 0.15) is 16.7 Å². The van der Waals surface area contributed by atoms with Gasteiger partial charge in [0.2, 0.25) is 5.71 Å². The molecule has 210 valence electrons. The Kier molecular flexibility index (Phi) is 4.93. The minimum atomic E-state index is 0.585. The lowest BCUT2D eigenvalue weighted by atomic mass is 10.0. The monoisotopic (exact) mass is 577 g/mol. The van der Waals surface area contributed by atoms with Gasteiger partial charge in [-0.15, -0.1) is 0 Å². The Morgan fingerprint density at radius 3 is 1.96 bits per heavy atom. The van der Waals surface area contributed by atoms with Crippen molar-refractivity contribution in [2.45, 2.75) is 0 Å². The van der Waals surface area contributed by atoms with Crippen LogP contribution in [0.15, 0.2) is 148 Å². The van der Waals surface area contributed by atoms with Crippen LogP contribution in [0.2, 0.25) is 0 Å². The predicted octanol–water partition coefficient (Wildman–Crippen LogP) is 10.7. The highest BCUT2D eigenvalue weighted by molar-refractivity contribution is 6.17. The topological polar surface area (TPSA) is 57.0 Å². The van der Waals surface area contributed by atoms with Crippen molar-refractivity contribution < 1.29 is 8.83 Å². The fourth-order valence-electron chi connectivity index (χ4n) is 6.78. The van der Waals surface area contributed by atoms with Crippen molar-refractivity contribution >= 4 is 65.8 Å². The van der Waals surface area contributed by atoms with E-state index in [0.29, 0.717) is 11.5 Å². The first-order valence-corrected chi connectivity index (χ1v) is 15.0. The molecule has 5 nitrogen and oxygen atoms in total. The summed E-state index contributed by atoms with van der Waals surface area (Å²) >= 11 is 0. The van der Waals surface area contributed by atoms with Crippen molar-refractivity contribution in [2.75, 3.05) is 0 Å². The van der Waals surface area contributed by atoms with Crippen LogP contribution in [-0.2, 0) is 0 Å². The van der Waals surface area contributed by atoms with Crippen LogP contribution in [0.4, 0.5) is 0 Å². The number of furan rings is 2. The van der Waals surface area contributed by atoms with E-state index in [1.54, 1.807) is 0 Å². The zero-order valence-corrected chi connectivity index (χ0v) is 23.9. The molecule has 0 radical (unpaired) electrons. The van der Waals surface area contributed by atoms with Gasteiger partial charge in [-0.1, -0.05) is 97.1 Å². The Labute approximate surface area is 256 Å². The van der Waals surface area contributed by atoms with Gasteiger partial charge >= 0.3 is 0 Å². The van der Waals surface area contributed by atoms with Crippen molar-refractivity contribution in [3.05, 3.63) is 140 Å². The minimum Gasteiger partial charge on any atom is -0.456 e. The second-order valence-corrected chi connectivity index (χ2v) is 11.4. The summed E-state index contributed by atoms with van der Waals surface area (Å²) in [7, 11) is 0. The number of nitrogens with zero attached hydrogens (tertiary/aromatic N) is 3. The SMILES string of the molecule is c1ccc(-c2nc(-c3ccc(-n4c5ccccc5c5cc6c(cc54)oc4ccccc46)cc3)c3c(n2)oc2ccccc23)cc1. The normalized spacial score (nSPS) is 12.0. The first-order valence-electron chi connectivity index (χ1n) is 15.0. The molecule has 4 aromatic heterocycles. The molecule has 0 spiro atoms. The molecule has 0 saturated heterocycles. The molecule has 6 aromatic carbocycles. The lowest BCUT2D eigenvalue weighted by molar-refractivity contribution is 0.653. The van der Waals surface area contributed by atoms with Crippen LogP contribution in [0.1, 0.15) is 0 Å². The van der Waals surface area contributed by atoms with Gasteiger partial charge in [0.15, 0.2) is 5.82 Å². The zero-order chi connectivity index (χ0) is 29.5. The molecule has 10 rings (SSSR count). The Hall–Kier alpha value is -6.20. The van der Waals surface area contributed by atoms with E-state index in [4.69, 9.17) is 18.8 Å². The van der Waals surface area contributed by atoms with Crippen LogP contribution >= 0.6 is 0 Å². The van der Waals surface area contributed by atoms with E-state index in [1.807, 2.05) is 60.7 Å². The van der Waals surface area contributed by atoms with Gasteiger partial charge in [0.25, 0.3) is 0 Å². The van der Waals surface area contributed by atoms with Crippen LogP contribution in [0.25, 0.3) is 94.1 Å². The van der Waals surface area contributed by atoms with Gasteiger partial charge in [-0.05, 0) is 36.4 Å². The van der Waals surface area contributed by atoms with Crippen LogP contribution in [0, 0.1) is 0 Å². The van der Waals surface area contributed by atoms with Crippen LogP contribution in [0.5, 0.6) is 0 Å². The fraction of sp³-hybridized carbons (Fsp3) is 0. The maximum Gasteiger partial charge on any atom is 0.231 e. The molecule has 0 aliphatic rings. The van der Waals surface area contributed by atoms with Crippen molar-refractivity contribution in [3.8, 4) is 28.3 Å².